The molecule has 0 bridgehead atoms. The Kier molecular flexibility index (Phi) is 5.56. The van der Waals surface area contributed by atoms with Gasteiger partial charge in [-0.15, -0.1) is 0 Å². The minimum atomic E-state index is -0.116. The number of nitrogens with one attached hydrogen (secondary N) is 2. The topological polar surface area (TPSA) is 55.3 Å². The molecule has 5 heteroatoms. The number of para-hydroxylation sites is 1. The van der Waals surface area contributed by atoms with Crippen LogP contribution in [0, 0.1) is 11.3 Å². The number of carbonyl (C=O) groups is 1. The molecule has 2 atom stereocenters. The lowest BCUT2D eigenvalue weighted by molar-refractivity contribution is 0.154. The molecule has 26 heavy (non-hydrogen) atoms. The number of anilines is 1. The molecule has 2 amide bonds. The molecule has 3 rings (SSSR count). The summed E-state index contributed by atoms with van der Waals surface area (Å²) in [6.45, 7) is 8.25. The van der Waals surface area contributed by atoms with Gasteiger partial charge in [0.2, 0.25) is 0 Å². The number of benzene rings is 1. The molecule has 2 unspecified atom stereocenters. The van der Waals surface area contributed by atoms with E-state index in [2.05, 4.69) is 42.0 Å². The van der Waals surface area contributed by atoms with Gasteiger partial charge in [-0.25, -0.2) is 4.79 Å². The first-order valence-corrected chi connectivity index (χ1v) is 9.52. The number of nitrogens with zero attached hydrogens (tertiary/aromatic N) is 1. The van der Waals surface area contributed by atoms with Gasteiger partial charge >= 0.3 is 6.03 Å². The van der Waals surface area contributed by atoms with Crippen LogP contribution in [-0.4, -0.2) is 30.4 Å². The standard InChI is InChI=1S/C21H31N3O2/c1-15-11-16(13-21(2,3)12-15)22-20(25)23-18-14-24(9-10-26-4)19-8-6-5-7-17(18)19/h5-8,14-16H,9-13H2,1-4H3,(H2,22,23,25). The fraction of sp³-hybridized carbons (Fsp3) is 0.571. The number of carbonyl (C=O) groups excluding carboxylic acids is 1. The Morgan fingerprint density at radius 3 is 2.81 bits per heavy atom. The second-order valence-corrected chi connectivity index (χ2v) is 8.45. The number of rotatable bonds is 5. The second-order valence-electron chi connectivity index (χ2n) is 8.45. The molecule has 0 aliphatic heterocycles. The lowest BCUT2D eigenvalue weighted by Gasteiger charge is -2.39. The van der Waals surface area contributed by atoms with Crippen molar-refractivity contribution in [1.82, 2.24) is 9.88 Å². The highest BCUT2D eigenvalue weighted by molar-refractivity contribution is 6.01. The Balaban J connectivity index is 1.71. The molecule has 2 aromatic rings. The Morgan fingerprint density at radius 1 is 1.31 bits per heavy atom. The average molecular weight is 357 g/mol. The lowest BCUT2D eigenvalue weighted by atomic mass is 9.71. The van der Waals surface area contributed by atoms with Crippen molar-refractivity contribution in [1.29, 1.82) is 0 Å². The summed E-state index contributed by atoms with van der Waals surface area (Å²) in [4.78, 5) is 12.6. The maximum Gasteiger partial charge on any atom is 0.319 e. The summed E-state index contributed by atoms with van der Waals surface area (Å²) < 4.78 is 7.32. The van der Waals surface area contributed by atoms with Crippen LogP contribution < -0.4 is 10.6 Å². The summed E-state index contributed by atoms with van der Waals surface area (Å²) in [5.74, 6) is 0.639. The molecule has 1 aliphatic carbocycles. The monoisotopic (exact) mass is 357 g/mol. The van der Waals surface area contributed by atoms with Crippen LogP contribution >= 0.6 is 0 Å². The lowest BCUT2D eigenvalue weighted by Crippen LogP contribution is -2.44. The number of hydrogen-bond donors (Lipinski definition) is 2. The smallest absolute Gasteiger partial charge is 0.319 e. The van der Waals surface area contributed by atoms with E-state index in [1.807, 2.05) is 24.4 Å². The van der Waals surface area contributed by atoms with E-state index in [0.29, 0.717) is 12.5 Å². The van der Waals surface area contributed by atoms with E-state index in [1.54, 1.807) is 7.11 Å². The summed E-state index contributed by atoms with van der Waals surface area (Å²) in [5, 5.41) is 7.30. The van der Waals surface area contributed by atoms with Crippen molar-refractivity contribution in [2.45, 2.75) is 52.6 Å². The quantitative estimate of drug-likeness (QED) is 0.820. The minimum absolute atomic E-state index is 0.116. The third kappa shape index (κ3) is 4.39. The van der Waals surface area contributed by atoms with Gasteiger partial charge in [-0.2, -0.15) is 0 Å². The normalized spacial score (nSPS) is 22.3. The molecule has 1 aromatic heterocycles. The SMILES string of the molecule is COCCn1cc(NC(=O)NC2CC(C)CC(C)(C)C2)c2ccccc21. The predicted octanol–water partition coefficient (Wildman–Crippen LogP) is 4.62. The molecule has 1 heterocycles. The molecular weight excluding hydrogens is 326 g/mol. The van der Waals surface area contributed by atoms with Crippen molar-refractivity contribution in [2.24, 2.45) is 11.3 Å². The highest BCUT2D eigenvalue weighted by Crippen LogP contribution is 2.38. The van der Waals surface area contributed by atoms with Crippen molar-refractivity contribution in [3.05, 3.63) is 30.5 Å². The number of hydrogen-bond acceptors (Lipinski definition) is 2. The van der Waals surface area contributed by atoms with E-state index in [0.717, 1.165) is 36.0 Å². The van der Waals surface area contributed by atoms with Crippen LogP contribution in [0.4, 0.5) is 10.5 Å². The van der Waals surface area contributed by atoms with E-state index in [1.165, 1.54) is 6.42 Å². The summed E-state index contributed by atoms with van der Waals surface area (Å²) in [7, 11) is 1.70. The molecule has 142 valence electrons. The third-order valence-corrected chi connectivity index (χ3v) is 5.30. The van der Waals surface area contributed by atoms with Crippen LogP contribution in [0.25, 0.3) is 10.9 Å². The molecule has 0 radical (unpaired) electrons. The van der Waals surface area contributed by atoms with E-state index >= 15 is 0 Å². The number of amides is 2. The first kappa shape index (κ1) is 18.8. The number of methoxy groups -OCH3 is 1. The maximum absolute atomic E-state index is 12.6. The zero-order valence-corrected chi connectivity index (χ0v) is 16.3. The Bertz CT molecular complexity index is 766. The molecule has 1 aliphatic rings. The summed E-state index contributed by atoms with van der Waals surface area (Å²) in [5.41, 5.74) is 2.23. The molecule has 1 saturated carbocycles. The summed E-state index contributed by atoms with van der Waals surface area (Å²) >= 11 is 0. The first-order valence-electron chi connectivity index (χ1n) is 9.52. The van der Waals surface area contributed by atoms with Crippen LogP contribution in [0.15, 0.2) is 30.5 Å². The van der Waals surface area contributed by atoms with Gasteiger partial charge in [0.25, 0.3) is 0 Å². The van der Waals surface area contributed by atoms with Crippen molar-refractivity contribution in [3.8, 4) is 0 Å². The number of ether oxygens (including phenoxy) is 1. The summed E-state index contributed by atoms with van der Waals surface area (Å²) in [6.07, 6.45) is 5.29. The van der Waals surface area contributed by atoms with Crippen molar-refractivity contribution in [3.63, 3.8) is 0 Å². The van der Waals surface area contributed by atoms with Crippen LogP contribution in [0.1, 0.15) is 40.0 Å². The van der Waals surface area contributed by atoms with E-state index < -0.39 is 0 Å². The van der Waals surface area contributed by atoms with Crippen molar-refractivity contribution >= 4 is 22.6 Å². The Hall–Kier alpha value is -2.01. The van der Waals surface area contributed by atoms with Crippen LogP contribution in [0.3, 0.4) is 0 Å². The molecule has 1 fully saturated rings. The van der Waals surface area contributed by atoms with Gasteiger partial charge in [-0.3, -0.25) is 0 Å². The average Bonchev–Trinajstić information content (AvgIpc) is 2.89. The van der Waals surface area contributed by atoms with Gasteiger partial charge in [-0.05, 0) is 36.7 Å². The zero-order chi connectivity index (χ0) is 18.7. The third-order valence-electron chi connectivity index (χ3n) is 5.30. The highest BCUT2D eigenvalue weighted by atomic mass is 16.5. The molecule has 1 aromatic carbocycles. The highest BCUT2D eigenvalue weighted by Gasteiger charge is 2.32. The molecule has 2 N–H and O–H groups in total. The van der Waals surface area contributed by atoms with Gasteiger partial charge in [-0.1, -0.05) is 39.0 Å². The second kappa shape index (κ2) is 7.70. The maximum atomic E-state index is 12.6. The van der Waals surface area contributed by atoms with Gasteiger partial charge in [0.05, 0.1) is 17.8 Å². The predicted molar refractivity (Wildman–Crippen MR) is 107 cm³/mol. The van der Waals surface area contributed by atoms with Crippen molar-refractivity contribution in [2.75, 3.05) is 19.0 Å². The Labute approximate surface area is 156 Å². The Morgan fingerprint density at radius 2 is 2.08 bits per heavy atom. The first-order chi connectivity index (χ1) is 12.4. The van der Waals surface area contributed by atoms with Crippen LogP contribution in [-0.2, 0) is 11.3 Å². The van der Waals surface area contributed by atoms with Gasteiger partial charge in [0.15, 0.2) is 0 Å². The fourth-order valence-electron chi connectivity index (χ4n) is 4.52. The minimum Gasteiger partial charge on any atom is -0.383 e. The molecule has 0 spiro atoms. The van der Waals surface area contributed by atoms with Gasteiger partial charge in [0, 0.05) is 31.3 Å². The van der Waals surface area contributed by atoms with Gasteiger partial charge in [0.1, 0.15) is 0 Å². The van der Waals surface area contributed by atoms with Gasteiger partial charge < -0.3 is 19.9 Å². The van der Waals surface area contributed by atoms with E-state index in [-0.39, 0.29) is 17.5 Å². The molecular formula is C21H31N3O2. The van der Waals surface area contributed by atoms with E-state index in [9.17, 15) is 4.79 Å². The summed E-state index contributed by atoms with van der Waals surface area (Å²) in [6, 6.07) is 8.24. The molecule has 5 nitrogen and oxygen atoms in total. The largest absolute Gasteiger partial charge is 0.383 e. The number of aromatic nitrogens is 1. The van der Waals surface area contributed by atoms with Crippen LogP contribution in [0.5, 0.6) is 0 Å². The number of fused-ring (bicyclic) bond motifs is 1. The fourth-order valence-corrected chi connectivity index (χ4v) is 4.52. The van der Waals surface area contributed by atoms with Crippen molar-refractivity contribution < 1.29 is 9.53 Å². The molecule has 0 saturated heterocycles. The number of urea groups is 1. The van der Waals surface area contributed by atoms with E-state index in [4.69, 9.17) is 4.74 Å². The van der Waals surface area contributed by atoms with Crippen LogP contribution in [0.2, 0.25) is 0 Å². The zero-order valence-electron chi connectivity index (χ0n) is 16.3.